The van der Waals surface area contributed by atoms with E-state index in [1.165, 1.54) is 0 Å². The van der Waals surface area contributed by atoms with E-state index in [0.29, 0.717) is 11.6 Å². The molecule has 0 radical (unpaired) electrons. The third-order valence-corrected chi connectivity index (χ3v) is 1.61. The Morgan fingerprint density at radius 3 is 2.36 bits per heavy atom. The fourth-order valence-electron chi connectivity index (χ4n) is 0.869. The normalized spacial score (nSPS) is 11.9. The molecule has 0 saturated heterocycles. The summed E-state index contributed by atoms with van der Waals surface area (Å²) in [6.45, 7) is 0. The number of carbonyl (C=O) groups is 1. The lowest BCUT2D eigenvalue weighted by Gasteiger charge is -1.98. The average molecular weight is 217 g/mol. The van der Waals surface area contributed by atoms with Crippen LogP contribution in [0.1, 0.15) is 10.4 Å². The first-order valence-electron chi connectivity index (χ1n) is 3.84. The maximum atomic E-state index is 12.1. The van der Waals surface area contributed by atoms with Gasteiger partial charge in [0.25, 0.3) is 0 Å². The van der Waals surface area contributed by atoms with Crippen LogP contribution in [-0.4, -0.2) is 11.2 Å². The number of carbonyl (C=O) groups excluding carboxylic acids is 1. The molecule has 74 valence electrons. The molecule has 1 aromatic carbocycles. The van der Waals surface area contributed by atoms with Crippen molar-refractivity contribution in [3.05, 3.63) is 48.0 Å². The fraction of sp³-hybridized carbons (Fsp3) is 0.100. The highest BCUT2D eigenvalue weighted by atomic mass is 35.5. The SMILES string of the molecule is O=C(/C=C/C(F)(F)Cl)c1ccccc1. The van der Waals surface area contributed by atoms with Crippen molar-refractivity contribution in [2.75, 3.05) is 0 Å². The van der Waals surface area contributed by atoms with E-state index in [9.17, 15) is 13.6 Å². The van der Waals surface area contributed by atoms with Crippen molar-refractivity contribution in [1.29, 1.82) is 0 Å². The number of allylic oxidation sites excluding steroid dienone is 2. The van der Waals surface area contributed by atoms with Gasteiger partial charge in [-0.3, -0.25) is 4.79 Å². The highest BCUT2D eigenvalue weighted by Crippen LogP contribution is 2.20. The van der Waals surface area contributed by atoms with Crippen LogP contribution >= 0.6 is 11.6 Å². The molecule has 0 atom stereocenters. The van der Waals surface area contributed by atoms with Crippen molar-refractivity contribution in [2.24, 2.45) is 0 Å². The minimum absolute atomic E-state index is 0.352. The summed E-state index contributed by atoms with van der Waals surface area (Å²) in [6.07, 6.45) is 1.13. The Kier molecular flexibility index (Phi) is 3.36. The molecule has 4 heteroatoms. The van der Waals surface area contributed by atoms with Gasteiger partial charge in [0.15, 0.2) is 5.78 Å². The zero-order valence-electron chi connectivity index (χ0n) is 7.08. The second-order valence-corrected chi connectivity index (χ2v) is 3.11. The first-order valence-corrected chi connectivity index (χ1v) is 4.22. The standard InChI is InChI=1S/C10H7ClF2O/c11-10(12,13)7-6-9(14)8-4-2-1-3-5-8/h1-7H/b7-6+. The summed E-state index contributed by atoms with van der Waals surface area (Å²) in [5.41, 5.74) is 0.352. The Bertz CT molecular complexity index is 341. The van der Waals surface area contributed by atoms with Crippen LogP contribution in [-0.2, 0) is 0 Å². The van der Waals surface area contributed by atoms with E-state index >= 15 is 0 Å². The van der Waals surface area contributed by atoms with Gasteiger partial charge in [-0.05, 0) is 17.7 Å². The van der Waals surface area contributed by atoms with Gasteiger partial charge in [-0.2, -0.15) is 8.78 Å². The summed E-state index contributed by atoms with van der Waals surface area (Å²) in [7, 11) is 0. The zero-order valence-corrected chi connectivity index (χ0v) is 7.84. The van der Waals surface area contributed by atoms with Gasteiger partial charge in [-0.1, -0.05) is 30.3 Å². The van der Waals surface area contributed by atoms with Crippen LogP contribution in [0.25, 0.3) is 0 Å². The van der Waals surface area contributed by atoms with Crippen molar-refractivity contribution in [3.8, 4) is 0 Å². The second kappa shape index (κ2) is 4.33. The van der Waals surface area contributed by atoms with Gasteiger partial charge in [-0.15, -0.1) is 0 Å². The van der Waals surface area contributed by atoms with Gasteiger partial charge >= 0.3 is 5.38 Å². The van der Waals surface area contributed by atoms with Gasteiger partial charge in [-0.25, -0.2) is 0 Å². The molecule has 0 unspecified atom stereocenters. The van der Waals surface area contributed by atoms with E-state index in [4.69, 9.17) is 0 Å². The monoisotopic (exact) mass is 216 g/mol. The molecular weight excluding hydrogens is 210 g/mol. The molecule has 0 bridgehead atoms. The number of ketones is 1. The quantitative estimate of drug-likeness (QED) is 0.431. The van der Waals surface area contributed by atoms with Crippen LogP contribution in [0.2, 0.25) is 0 Å². The fourth-order valence-corrected chi connectivity index (χ4v) is 0.932. The minimum Gasteiger partial charge on any atom is -0.289 e. The van der Waals surface area contributed by atoms with E-state index in [2.05, 4.69) is 11.6 Å². The van der Waals surface area contributed by atoms with Crippen molar-refractivity contribution >= 4 is 17.4 Å². The molecule has 0 aliphatic rings. The van der Waals surface area contributed by atoms with Gasteiger partial charge in [0, 0.05) is 11.6 Å². The topological polar surface area (TPSA) is 17.1 Å². The van der Waals surface area contributed by atoms with Crippen molar-refractivity contribution < 1.29 is 13.6 Å². The van der Waals surface area contributed by atoms with E-state index < -0.39 is 11.2 Å². The molecule has 0 aliphatic heterocycles. The third-order valence-electron chi connectivity index (χ3n) is 1.48. The van der Waals surface area contributed by atoms with Crippen LogP contribution in [0.4, 0.5) is 8.78 Å². The van der Waals surface area contributed by atoms with Crippen molar-refractivity contribution in [3.63, 3.8) is 0 Å². The summed E-state index contributed by atoms with van der Waals surface area (Å²) >= 11 is 4.59. The Balaban J connectivity index is 2.74. The number of halogens is 3. The summed E-state index contributed by atoms with van der Waals surface area (Å²) in [4.78, 5) is 11.2. The summed E-state index contributed by atoms with van der Waals surface area (Å²) < 4.78 is 24.2. The van der Waals surface area contributed by atoms with Gasteiger partial charge in [0.2, 0.25) is 0 Å². The largest absolute Gasteiger partial charge is 0.341 e. The number of hydrogen-bond acceptors (Lipinski definition) is 1. The molecule has 0 fully saturated rings. The Morgan fingerprint density at radius 1 is 1.29 bits per heavy atom. The molecular formula is C10H7ClF2O. The molecule has 0 aliphatic carbocycles. The predicted octanol–water partition coefficient (Wildman–Crippen LogP) is 3.26. The molecule has 14 heavy (non-hydrogen) atoms. The first kappa shape index (κ1) is 10.9. The molecule has 0 heterocycles. The molecule has 0 aromatic heterocycles. The molecule has 0 N–H and O–H groups in total. The van der Waals surface area contributed by atoms with E-state index in [0.717, 1.165) is 6.08 Å². The maximum Gasteiger partial charge on any atom is 0.341 e. The smallest absolute Gasteiger partial charge is 0.289 e. The van der Waals surface area contributed by atoms with Gasteiger partial charge in [0.1, 0.15) is 0 Å². The van der Waals surface area contributed by atoms with Gasteiger partial charge < -0.3 is 0 Å². The summed E-state index contributed by atoms with van der Waals surface area (Å²) in [6, 6.07) is 8.12. The summed E-state index contributed by atoms with van der Waals surface area (Å²) in [5, 5.41) is -3.47. The number of alkyl halides is 3. The Labute approximate surface area is 85.0 Å². The van der Waals surface area contributed by atoms with Crippen molar-refractivity contribution in [2.45, 2.75) is 5.38 Å². The van der Waals surface area contributed by atoms with Crippen LogP contribution in [0.3, 0.4) is 0 Å². The lowest BCUT2D eigenvalue weighted by Crippen LogP contribution is -2.01. The average Bonchev–Trinajstić information content (AvgIpc) is 2.14. The van der Waals surface area contributed by atoms with Crippen LogP contribution < -0.4 is 0 Å². The number of hydrogen-bond donors (Lipinski definition) is 0. The molecule has 1 nitrogen and oxygen atoms in total. The molecule has 0 spiro atoms. The third kappa shape index (κ3) is 3.66. The second-order valence-electron chi connectivity index (χ2n) is 2.61. The maximum absolute atomic E-state index is 12.1. The van der Waals surface area contributed by atoms with E-state index in [-0.39, 0.29) is 0 Å². The Morgan fingerprint density at radius 2 is 1.86 bits per heavy atom. The lowest BCUT2D eigenvalue weighted by atomic mass is 10.1. The molecule has 0 amide bonds. The lowest BCUT2D eigenvalue weighted by molar-refractivity contribution is 0.103. The Hall–Kier alpha value is -1.22. The highest BCUT2D eigenvalue weighted by Gasteiger charge is 2.19. The van der Waals surface area contributed by atoms with Crippen molar-refractivity contribution in [1.82, 2.24) is 0 Å². The van der Waals surface area contributed by atoms with E-state index in [1.54, 1.807) is 30.3 Å². The highest BCUT2D eigenvalue weighted by molar-refractivity contribution is 6.23. The first-order chi connectivity index (χ1) is 6.49. The zero-order chi connectivity index (χ0) is 10.6. The number of benzene rings is 1. The number of rotatable bonds is 3. The minimum atomic E-state index is -3.47. The van der Waals surface area contributed by atoms with Crippen LogP contribution in [0.15, 0.2) is 42.5 Å². The summed E-state index contributed by atoms with van der Waals surface area (Å²) in [5.74, 6) is -0.495. The molecule has 1 aromatic rings. The van der Waals surface area contributed by atoms with Crippen LogP contribution in [0.5, 0.6) is 0 Å². The van der Waals surface area contributed by atoms with E-state index in [1.807, 2.05) is 0 Å². The molecule has 1 rings (SSSR count). The predicted molar refractivity (Wildman–Crippen MR) is 50.7 cm³/mol. The van der Waals surface area contributed by atoms with Crippen LogP contribution in [0, 0.1) is 0 Å². The molecule has 0 saturated carbocycles. The van der Waals surface area contributed by atoms with Gasteiger partial charge in [0.05, 0.1) is 0 Å².